The number of hydrogen-bond acceptors (Lipinski definition) is 4. The lowest BCUT2D eigenvalue weighted by molar-refractivity contribution is -0.255. The smallest absolute Gasteiger partial charge is 0.261 e. The molecule has 2 amide bonds. The lowest BCUT2D eigenvalue weighted by atomic mass is 10.2. The summed E-state index contributed by atoms with van der Waals surface area (Å²) in [5.74, 6) is -2.11. The zero-order valence-corrected chi connectivity index (χ0v) is 11.4. The third-order valence-corrected chi connectivity index (χ3v) is 3.39. The minimum Gasteiger partial charge on any atom is -0.545 e. The minimum atomic E-state index is -1.30. The van der Waals surface area contributed by atoms with Gasteiger partial charge in [-0.1, -0.05) is 6.07 Å². The molecule has 1 aliphatic heterocycles. The van der Waals surface area contributed by atoms with Gasteiger partial charge >= 0.3 is 0 Å². The van der Waals surface area contributed by atoms with Crippen molar-refractivity contribution < 1.29 is 19.5 Å². The van der Waals surface area contributed by atoms with Crippen molar-refractivity contribution in [3.05, 3.63) is 39.0 Å². The van der Waals surface area contributed by atoms with E-state index in [0.717, 1.165) is 4.90 Å². The van der Waals surface area contributed by atoms with E-state index in [1.165, 1.54) is 24.3 Å². The fourth-order valence-electron chi connectivity index (χ4n) is 1.63. The van der Waals surface area contributed by atoms with Gasteiger partial charge in [-0.2, -0.15) is 0 Å². The van der Waals surface area contributed by atoms with Crippen LogP contribution in [0.3, 0.4) is 0 Å². The Morgan fingerprint density at radius 1 is 1.33 bits per heavy atom. The Labute approximate surface area is 116 Å². The van der Waals surface area contributed by atoms with Crippen LogP contribution in [-0.4, -0.2) is 17.8 Å². The van der Waals surface area contributed by atoms with E-state index in [4.69, 9.17) is 0 Å². The molecule has 1 aliphatic rings. The summed E-state index contributed by atoms with van der Waals surface area (Å²) in [7, 11) is 0. The number of halogens is 1. The van der Waals surface area contributed by atoms with Crippen molar-refractivity contribution >= 4 is 46.1 Å². The molecule has 6 heteroatoms. The van der Waals surface area contributed by atoms with Crippen LogP contribution in [0.25, 0.3) is 0 Å². The van der Waals surface area contributed by atoms with Crippen molar-refractivity contribution in [2.45, 2.75) is 6.92 Å². The average Bonchev–Trinajstić information content (AvgIpc) is 2.54. The molecule has 92 valence electrons. The Balaban J connectivity index is 2.45. The predicted molar refractivity (Wildman–Crippen MR) is 69.7 cm³/mol. The molecule has 0 atom stereocenters. The molecule has 0 saturated heterocycles. The van der Waals surface area contributed by atoms with E-state index >= 15 is 0 Å². The highest BCUT2D eigenvalue weighted by atomic mass is 127. The number of hydrogen-bond donors (Lipinski definition) is 0. The number of benzene rings is 1. The molecule has 0 unspecified atom stereocenters. The topological polar surface area (TPSA) is 77.5 Å². The summed E-state index contributed by atoms with van der Waals surface area (Å²) in [6.07, 6.45) is 1.26. The van der Waals surface area contributed by atoms with Crippen LogP contribution in [0.1, 0.15) is 17.3 Å². The van der Waals surface area contributed by atoms with Crippen molar-refractivity contribution in [1.82, 2.24) is 0 Å². The van der Waals surface area contributed by atoms with E-state index in [9.17, 15) is 19.5 Å². The zero-order chi connectivity index (χ0) is 13.4. The quantitative estimate of drug-likeness (QED) is 0.570. The largest absolute Gasteiger partial charge is 0.545 e. The Morgan fingerprint density at radius 2 is 2.00 bits per heavy atom. The monoisotopic (exact) mass is 356 g/mol. The van der Waals surface area contributed by atoms with Crippen LogP contribution in [-0.2, 0) is 9.59 Å². The number of imide groups is 1. The summed E-state index contributed by atoms with van der Waals surface area (Å²) in [5.41, 5.74) is 0.746. The van der Waals surface area contributed by atoms with Crippen molar-refractivity contribution in [3.8, 4) is 0 Å². The van der Waals surface area contributed by atoms with Crippen LogP contribution in [0.15, 0.2) is 29.8 Å². The third-order valence-electron chi connectivity index (χ3n) is 2.53. The number of aromatic carboxylic acids is 1. The van der Waals surface area contributed by atoms with E-state index in [1.54, 1.807) is 6.92 Å². The van der Waals surface area contributed by atoms with E-state index in [-0.39, 0.29) is 11.5 Å². The molecule has 18 heavy (non-hydrogen) atoms. The van der Waals surface area contributed by atoms with Crippen LogP contribution in [0.4, 0.5) is 5.69 Å². The van der Waals surface area contributed by atoms with Gasteiger partial charge in [0.15, 0.2) is 0 Å². The fraction of sp³-hybridized carbons (Fsp3) is 0.0833. The first-order valence-corrected chi connectivity index (χ1v) is 6.07. The van der Waals surface area contributed by atoms with Crippen LogP contribution < -0.4 is 10.0 Å². The van der Waals surface area contributed by atoms with Crippen LogP contribution >= 0.6 is 22.6 Å². The maximum atomic E-state index is 11.8. The lowest BCUT2D eigenvalue weighted by Crippen LogP contribution is -2.31. The maximum Gasteiger partial charge on any atom is 0.261 e. The van der Waals surface area contributed by atoms with Gasteiger partial charge in [0.05, 0.1) is 11.7 Å². The SMILES string of the molecule is CC1=CC(=O)N(c2ccc(C(=O)[O-])cc2I)C1=O. The molecule has 1 heterocycles. The molecular weight excluding hydrogens is 349 g/mol. The minimum absolute atomic E-state index is 0.00641. The summed E-state index contributed by atoms with van der Waals surface area (Å²) in [4.78, 5) is 35.2. The van der Waals surface area contributed by atoms with E-state index in [0.29, 0.717) is 14.8 Å². The van der Waals surface area contributed by atoms with Crippen LogP contribution in [0.5, 0.6) is 0 Å². The fourth-order valence-corrected chi connectivity index (χ4v) is 2.39. The molecular formula is C12H7INO4-. The molecule has 0 bridgehead atoms. The number of nitrogens with zero attached hydrogens (tertiary/aromatic N) is 1. The van der Waals surface area contributed by atoms with Crippen LogP contribution in [0.2, 0.25) is 0 Å². The Bertz CT molecular complexity index is 606. The van der Waals surface area contributed by atoms with Gasteiger partial charge in [0, 0.05) is 15.2 Å². The molecule has 0 radical (unpaired) electrons. The third kappa shape index (κ3) is 2.03. The van der Waals surface area contributed by atoms with E-state index in [2.05, 4.69) is 0 Å². The van der Waals surface area contributed by atoms with E-state index < -0.39 is 11.9 Å². The first-order valence-electron chi connectivity index (χ1n) is 4.99. The molecule has 1 aromatic rings. The van der Waals surface area contributed by atoms with Gasteiger partial charge in [-0.05, 0) is 47.2 Å². The Hall–Kier alpha value is -1.70. The highest BCUT2D eigenvalue weighted by molar-refractivity contribution is 14.1. The van der Waals surface area contributed by atoms with Crippen molar-refractivity contribution in [3.63, 3.8) is 0 Å². The Morgan fingerprint density at radius 3 is 2.44 bits per heavy atom. The molecule has 5 nitrogen and oxygen atoms in total. The molecule has 0 saturated carbocycles. The van der Waals surface area contributed by atoms with E-state index in [1.807, 2.05) is 22.6 Å². The predicted octanol–water partition coefficient (Wildman–Crippen LogP) is 0.474. The Kier molecular flexibility index (Phi) is 3.20. The molecule has 0 aromatic heterocycles. The zero-order valence-electron chi connectivity index (χ0n) is 9.27. The number of rotatable bonds is 2. The van der Waals surface area contributed by atoms with Gasteiger partial charge in [0.25, 0.3) is 11.8 Å². The van der Waals surface area contributed by atoms with Crippen molar-refractivity contribution in [2.24, 2.45) is 0 Å². The number of carbonyl (C=O) groups excluding carboxylic acids is 3. The van der Waals surface area contributed by atoms with Gasteiger partial charge in [-0.25, -0.2) is 4.90 Å². The number of carboxylic acids is 1. The van der Waals surface area contributed by atoms with Gasteiger partial charge in [-0.15, -0.1) is 0 Å². The summed E-state index contributed by atoms with van der Waals surface area (Å²) in [6.45, 7) is 1.56. The summed E-state index contributed by atoms with van der Waals surface area (Å²) >= 11 is 1.88. The number of anilines is 1. The first kappa shape index (κ1) is 12.7. The molecule has 0 N–H and O–H groups in total. The van der Waals surface area contributed by atoms with Crippen molar-refractivity contribution in [1.29, 1.82) is 0 Å². The normalized spacial score (nSPS) is 15.0. The van der Waals surface area contributed by atoms with Gasteiger partial charge in [-0.3, -0.25) is 9.59 Å². The highest BCUT2D eigenvalue weighted by Gasteiger charge is 2.30. The summed E-state index contributed by atoms with van der Waals surface area (Å²) < 4.78 is 0.499. The molecule has 0 aliphatic carbocycles. The number of carbonyl (C=O) groups is 3. The highest BCUT2D eigenvalue weighted by Crippen LogP contribution is 2.28. The average molecular weight is 356 g/mol. The second kappa shape index (κ2) is 4.52. The first-order chi connectivity index (χ1) is 8.41. The summed E-state index contributed by atoms with van der Waals surface area (Å²) in [5, 5.41) is 10.7. The standard InChI is InChI=1S/C12H8INO4/c1-6-4-10(15)14(11(6)16)9-3-2-7(12(17)18)5-8(9)13/h2-5H,1H3,(H,17,18)/p-1. The number of amides is 2. The maximum absolute atomic E-state index is 11.8. The summed E-state index contributed by atoms with van der Waals surface area (Å²) in [6, 6.07) is 4.09. The van der Waals surface area contributed by atoms with Gasteiger partial charge in [0.1, 0.15) is 0 Å². The van der Waals surface area contributed by atoms with Crippen LogP contribution in [0, 0.1) is 3.57 Å². The van der Waals surface area contributed by atoms with Gasteiger partial charge < -0.3 is 9.90 Å². The molecule has 0 spiro atoms. The van der Waals surface area contributed by atoms with Gasteiger partial charge in [0.2, 0.25) is 0 Å². The number of carboxylic acid groups (broad SMARTS) is 1. The molecule has 2 rings (SSSR count). The molecule has 1 aromatic carbocycles. The lowest BCUT2D eigenvalue weighted by Gasteiger charge is -2.17. The second-order valence-electron chi connectivity index (χ2n) is 3.76. The van der Waals surface area contributed by atoms with Crippen molar-refractivity contribution in [2.75, 3.05) is 4.90 Å². The molecule has 0 fully saturated rings. The second-order valence-corrected chi connectivity index (χ2v) is 4.92.